The van der Waals surface area contributed by atoms with E-state index in [9.17, 15) is 9.59 Å². The van der Waals surface area contributed by atoms with Crippen molar-refractivity contribution in [2.45, 2.75) is 6.04 Å². The topological polar surface area (TPSA) is 75.6 Å². The van der Waals surface area contributed by atoms with Gasteiger partial charge in [0, 0.05) is 5.56 Å². The van der Waals surface area contributed by atoms with E-state index < -0.39 is 24.5 Å². The molecule has 1 aromatic carbocycles. The number of hydrogen-bond donors (Lipinski definition) is 2. The van der Waals surface area contributed by atoms with Gasteiger partial charge < -0.3 is 15.2 Å². The maximum Gasteiger partial charge on any atom is 0.330 e. The van der Waals surface area contributed by atoms with E-state index in [0.717, 1.165) is 0 Å². The summed E-state index contributed by atoms with van der Waals surface area (Å²) in [6.45, 7) is -0.495. The number of carbonyl (C=O) groups is 2. The lowest BCUT2D eigenvalue weighted by Gasteiger charge is -2.13. The molecule has 0 radical (unpaired) electrons. The van der Waals surface area contributed by atoms with Crippen molar-refractivity contribution in [1.29, 1.82) is 0 Å². The Morgan fingerprint density at radius 1 is 1.38 bits per heavy atom. The van der Waals surface area contributed by atoms with E-state index in [-0.39, 0.29) is 0 Å². The first-order chi connectivity index (χ1) is 7.69. The van der Waals surface area contributed by atoms with Crippen molar-refractivity contribution in [1.82, 2.24) is 5.32 Å². The minimum atomic E-state index is -1.03. The fraction of sp³-hybridized carbons (Fsp3) is 0.273. The number of hydrogen-bond acceptors (Lipinski definition) is 4. The van der Waals surface area contributed by atoms with Crippen molar-refractivity contribution in [2.24, 2.45) is 0 Å². The van der Waals surface area contributed by atoms with Gasteiger partial charge in [0.15, 0.2) is 6.04 Å². The maximum absolute atomic E-state index is 11.6. The van der Waals surface area contributed by atoms with Gasteiger partial charge in [0.25, 0.3) is 5.91 Å². The van der Waals surface area contributed by atoms with Gasteiger partial charge in [0.1, 0.15) is 0 Å². The average molecular weight is 223 g/mol. The van der Waals surface area contributed by atoms with Crippen molar-refractivity contribution in [3.63, 3.8) is 0 Å². The quantitative estimate of drug-likeness (QED) is 0.702. The Labute approximate surface area is 93.0 Å². The van der Waals surface area contributed by atoms with Crippen LogP contribution in [-0.4, -0.2) is 36.7 Å². The van der Waals surface area contributed by atoms with Crippen LogP contribution in [0.4, 0.5) is 0 Å². The molecule has 0 aliphatic rings. The van der Waals surface area contributed by atoms with Gasteiger partial charge >= 0.3 is 5.97 Å². The largest absolute Gasteiger partial charge is 0.467 e. The molecule has 1 atom stereocenters. The number of amides is 1. The van der Waals surface area contributed by atoms with E-state index in [1.165, 1.54) is 7.11 Å². The van der Waals surface area contributed by atoms with Crippen LogP contribution in [0.15, 0.2) is 30.3 Å². The first-order valence-electron chi connectivity index (χ1n) is 4.73. The molecule has 0 aliphatic heterocycles. The number of rotatable bonds is 4. The lowest BCUT2D eigenvalue weighted by Crippen LogP contribution is -2.44. The van der Waals surface area contributed by atoms with Crippen molar-refractivity contribution in [3.05, 3.63) is 35.9 Å². The molecule has 0 aliphatic carbocycles. The third-order valence-corrected chi connectivity index (χ3v) is 2.01. The molecule has 86 valence electrons. The fourth-order valence-corrected chi connectivity index (χ4v) is 1.15. The van der Waals surface area contributed by atoms with Gasteiger partial charge in [-0.2, -0.15) is 0 Å². The summed E-state index contributed by atoms with van der Waals surface area (Å²) in [5.74, 6) is -1.10. The van der Waals surface area contributed by atoms with Gasteiger partial charge in [-0.1, -0.05) is 18.2 Å². The van der Waals surface area contributed by atoms with E-state index in [1.54, 1.807) is 30.3 Å². The highest BCUT2D eigenvalue weighted by atomic mass is 16.5. The molecule has 5 nitrogen and oxygen atoms in total. The molecule has 5 heteroatoms. The maximum atomic E-state index is 11.6. The first-order valence-corrected chi connectivity index (χ1v) is 4.73. The van der Waals surface area contributed by atoms with Gasteiger partial charge in [0.05, 0.1) is 13.7 Å². The van der Waals surface area contributed by atoms with Crippen LogP contribution >= 0.6 is 0 Å². The zero-order valence-electron chi connectivity index (χ0n) is 8.84. The summed E-state index contributed by atoms with van der Waals surface area (Å²) in [5, 5.41) is 11.3. The molecule has 0 bridgehead atoms. The average Bonchev–Trinajstić information content (AvgIpc) is 2.35. The van der Waals surface area contributed by atoms with E-state index in [2.05, 4.69) is 10.1 Å². The minimum absolute atomic E-state index is 0.421. The third kappa shape index (κ3) is 3.06. The molecule has 2 N–H and O–H groups in total. The normalized spacial score (nSPS) is 11.6. The van der Waals surface area contributed by atoms with E-state index in [0.29, 0.717) is 5.56 Å². The Hall–Kier alpha value is -1.88. The molecule has 0 unspecified atom stereocenters. The van der Waals surface area contributed by atoms with Gasteiger partial charge in [-0.05, 0) is 12.1 Å². The van der Waals surface area contributed by atoms with Crippen LogP contribution in [-0.2, 0) is 9.53 Å². The lowest BCUT2D eigenvalue weighted by molar-refractivity contribution is -0.143. The molecule has 0 spiro atoms. The first kappa shape index (κ1) is 12.2. The molecule has 0 aromatic heterocycles. The SMILES string of the molecule is COC(=O)[C@@H](CO)NC(=O)c1ccccc1. The molecule has 1 rings (SSSR count). The van der Waals surface area contributed by atoms with E-state index in [1.807, 2.05) is 0 Å². The van der Waals surface area contributed by atoms with Crippen LogP contribution in [0, 0.1) is 0 Å². The zero-order valence-corrected chi connectivity index (χ0v) is 8.84. The smallest absolute Gasteiger partial charge is 0.330 e. The molecular formula is C11H13NO4. The molecule has 1 aromatic rings. The van der Waals surface area contributed by atoms with Crippen molar-refractivity contribution in [3.8, 4) is 0 Å². The predicted molar refractivity (Wildman–Crippen MR) is 56.8 cm³/mol. The molecule has 0 heterocycles. The molecule has 16 heavy (non-hydrogen) atoms. The second kappa shape index (κ2) is 5.87. The minimum Gasteiger partial charge on any atom is -0.467 e. The number of aliphatic hydroxyl groups excluding tert-OH is 1. The highest BCUT2D eigenvalue weighted by Gasteiger charge is 2.20. The zero-order chi connectivity index (χ0) is 12.0. The summed E-state index contributed by atoms with van der Waals surface area (Å²) in [4.78, 5) is 22.7. The van der Waals surface area contributed by atoms with Gasteiger partial charge in [-0.25, -0.2) is 4.79 Å². The van der Waals surface area contributed by atoms with E-state index >= 15 is 0 Å². The lowest BCUT2D eigenvalue weighted by atomic mass is 10.2. The fourth-order valence-electron chi connectivity index (χ4n) is 1.15. The van der Waals surface area contributed by atoms with Gasteiger partial charge in [0.2, 0.25) is 0 Å². The molecular weight excluding hydrogens is 210 g/mol. The van der Waals surface area contributed by atoms with Crippen LogP contribution < -0.4 is 5.32 Å². The summed E-state index contributed by atoms with van der Waals surface area (Å²) in [6, 6.07) is 7.39. The second-order valence-corrected chi connectivity index (χ2v) is 3.10. The van der Waals surface area contributed by atoms with Crippen LogP contribution in [0.25, 0.3) is 0 Å². The van der Waals surface area contributed by atoms with Crippen LogP contribution in [0.1, 0.15) is 10.4 Å². The summed E-state index contributed by atoms with van der Waals surface area (Å²) < 4.78 is 4.43. The van der Waals surface area contributed by atoms with Crippen molar-refractivity contribution >= 4 is 11.9 Å². The van der Waals surface area contributed by atoms with Crippen molar-refractivity contribution in [2.75, 3.05) is 13.7 Å². The summed E-state index contributed by atoms with van der Waals surface area (Å²) >= 11 is 0. The number of methoxy groups -OCH3 is 1. The number of ether oxygens (including phenoxy) is 1. The Morgan fingerprint density at radius 3 is 2.50 bits per heavy atom. The Balaban J connectivity index is 2.66. The molecule has 0 saturated carbocycles. The number of esters is 1. The summed E-state index contributed by atoms with van der Waals surface area (Å²) in [5.41, 5.74) is 0.421. The molecule has 1 amide bonds. The van der Waals surface area contributed by atoms with Gasteiger partial charge in [-0.15, -0.1) is 0 Å². The van der Waals surface area contributed by atoms with Gasteiger partial charge in [-0.3, -0.25) is 4.79 Å². The Kier molecular flexibility index (Phi) is 4.47. The molecule has 0 fully saturated rings. The number of aliphatic hydroxyl groups is 1. The summed E-state index contributed by atoms with van der Waals surface area (Å²) in [6.07, 6.45) is 0. The highest BCUT2D eigenvalue weighted by Crippen LogP contribution is 1.99. The van der Waals surface area contributed by atoms with Crippen LogP contribution in [0.2, 0.25) is 0 Å². The second-order valence-electron chi connectivity index (χ2n) is 3.10. The Bertz CT molecular complexity index is 364. The summed E-state index contributed by atoms with van der Waals surface area (Å²) in [7, 11) is 1.19. The monoisotopic (exact) mass is 223 g/mol. The Morgan fingerprint density at radius 2 is 2.00 bits per heavy atom. The third-order valence-electron chi connectivity index (χ3n) is 2.01. The van der Waals surface area contributed by atoms with Crippen molar-refractivity contribution < 1.29 is 19.4 Å². The number of benzene rings is 1. The van der Waals surface area contributed by atoms with Crippen LogP contribution in [0.3, 0.4) is 0 Å². The number of carbonyl (C=O) groups excluding carboxylic acids is 2. The van der Waals surface area contributed by atoms with E-state index in [4.69, 9.17) is 5.11 Å². The van der Waals surface area contributed by atoms with Crippen LogP contribution in [0.5, 0.6) is 0 Å². The standard InChI is InChI=1S/C11H13NO4/c1-16-11(15)9(7-13)12-10(14)8-5-3-2-4-6-8/h2-6,9,13H,7H2,1H3,(H,12,14)/t9-/m1/s1. The molecule has 0 saturated heterocycles. The number of nitrogens with one attached hydrogen (secondary N) is 1. The highest BCUT2D eigenvalue weighted by molar-refractivity contribution is 5.96. The predicted octanol–water partition coefficient (Wildman–Crippen LogP) is -0.0497.